The fourth-order valence-electron chi connectivity index (χ4n) is 5.20. The molecular weight excluding hydrogens is 602 g/mol. The van der Waals surface area contributed by atoms with Crippen molar-refractivity contribution in [3.63, 3.8) is 0 Å². The van der Waals surface area contributed by atoms with Gasteiger partial charge < -0.3 is 23.4 Å². The Morgan fingerprint density at radius 2 is 1.77 bits per heavy atom. The number of benzene rings is 2. The Bertz CT molecular complexity index is 1830. The molecule has 10 nitrogen and oxygen atoms in total. The molecule has 0 radical (unpaired) electrons. The van der Waals surface area contributed by atoms with Crippen LogP contribution in [-0.2, 0) is 31.1 Å². The molecule has 242 valence electrons. The zero-order chi connectivity index (χ0) is 34.0. The van der Waals surface area contributed by atoms with Crippen LogP contribution in [0.15, 0.2) is 88.4 Å². The van der Waals surface area contributed by atoms with Gasteiger partial charge in [-0.3, -0.25) is 14.4 Å². The summed E-state index contributed by atoms with van der Waals surface area (Å²) in [5, 5.41) is 11.0. The SMILES string of the molecule is CCOC(=O)/C=C\C#CC(C)c1ccccc1C(=O)c1cnco1.CCOC(=O)CCc1coc2c1C(C)(O)c1ccccc1C2=O. The minimum absolute atomic E-state index is 0.146. The first-order valence-corrected chi connectivity index (χ1v) is 15.1. The number of oxazole rings is 1. The number of ketones is 2. The molecule has 1 aliphatic carbocycles. The van der Waals surface area contributed by atoms with E-state index >= 15 is 0 Å². The third-order valence-corrected chi connectivity index (χ3v) is 7.38. The number of aromatic nitrogens is 1. The minimum Gasteiger partial charge on any atom is -0.466 e. The molecule has 1 aliphatic rings. The van der Waals surface area contributed by atoms with Crippen molar-refractivity contribution in [3.05, 3.63) is 124 Å². The van der Waals surface area contributed by atoms with E-state index < -0.39 is 11.6 Å². The summed E-state index contributed by atoms with van der Waals surface area (Å²) < 4.78 is 20.2. The number of furan rings is 1. The van der Waals surface area contributed by atoms with Crippen LogP contribution in [0.1, 0.15) is 94.5 Å². The van der Waals surface area contributed by atoms with Gasteiger partial charge in [0.05, 0.1) is 25.7 Å². The molecule has 0 aliphatic heterocycles. The lowest BCUT2D eigenvalue weighted by atomic mass is 9.76. The highest BCUT2D eigenvalue weighted by Crippen LogP contribution is 2.42. The van der Waals surface area contributed by atoms with Crippen molar-refractivity contribution in [3.8, 4) is 11.8 Å². The van der Waals surface area contributed by atoms with E-state index in [0.717, 1.165) is 5.56 Å². The number of aliphatic hydroxyl groups is 1. The number of fused-ring (bicyclic) bond motifs is 2. The quantitative estimate of drug-likeness (QED) is 0.105. The lowest BCUT2D eigenvalue weighted by Gasteiger charge is -2.30. The van der Waals surface area contributed by atoms with Gasteiger partial charge in [-0.1, -0.05) is 60.4 Å². The monoisotopic (exact) mass is 637 g/mol. The second kappa shape index (κ2) is 15.7. The first-order valence-electron chi connectivity index (χ1n) is 15.1. The maximum atomic E-state index is 12.6. The highest BCUT2D eigenvalue weighted by Gasteiger charge is 2.42. The largest absolute Gasteiger partial charge is 0.466 e. The molecule has 2 aromatic heterocycles. The van der Waals surface area contributed by atoms with Gasteiger partial charge in [0, 0.05) is 35.1 Å². The van der Waals surface area contributed by atoms with Gasteiger partial charge in [-0.2, -0.15) is 0 Å². The Hall–Kier alpha value is -5.53. The lowest BCUT2D eigenvalue weighted by Crippen LogP contribution is -2.32. The standard InChI is InChI=1S/C19H17NO4.C18H18O5/c1-3-23-18(21)11-7-4-8-14(2)15-9-5-6-10-16(15)19(22)17-12-20-13-24-17;1-3-22-14(19)9-8-11-10-23-17-15(11)18(2,21)13-7-5-4-6-12(13)16(17)20/h5-7,9-14H,3H2,1-2H3;4-7,10,21H,3,8-9H2,1-2H3/b11-7-;. The number of allylic oxidation sites excluding steroid dienone is 1. The molecule has 0 amide bonds. The smallest absolute Gasteiger partial charge is 0.331 e. The van der Waals surface area contributed by atoms with Gasteiger partial charge in [-0.25, -0.2) is 9.78 Å². The van der Waals surface area contributed by atoms with Crippen LogP contribution >= 0.6 is 0 Å². The Morgan fingerprint density at radius 1 is 1.04 bits per heavy atom. The molecule has 0 fully saturated rings. The van der Waals surface area contributed by atoms with Gasteiger partial charge in [-0.15, -0.1) is 0 Å². The van der Waals surface area contributed by atoms with Crippen molar-refractivity contribution in [2.24, 2.45) is 0 Å². The van der Waals surface area contributed by atoms with Gasteiger partial charge in [0.15, 0.2) is 17.9 Å². The van der Waals surface area contributed by atoms with Crippen LogP contribution in [0.5, 0.6) is 0 Å². The highest BCUT2D eigenvalue weighted by atomic mass is 16.5. The molecule has 47 heavy (non-hydrogen) atoms. The summed E-state index contributed by atoms with van der Waals surface area (Å²) in [5.74, 6) is 4.70. The fourth-order valence-corrected chi connectivity index (χ4v) is 5.20. The Balaban J connectivity index is 0.000000213. The van der Waals surface area contributed by atoms with E-state index in [9.17, 15) is 24.3 Å². The van der Waals surface area contributed by atoms with Gasteiger partial charge in [0.25, 0.3) is 0 Å². The molecule has 0 saturated carbocycles. The fraction of sp³-hybridized carbons (Fsp3) is 0.270. The van der Waals surface area contributed by atoms with Crippen molar-refractivity contribution in [2.45, 2.75) is 52.1 Å². The van der Waals surface area contributed by atoms with Crippen LogP contribution in [0.4, 0.5) is 0 Å². The Morgan fingerprint density at radius 3 is 2.49 bits per heavy atom. The summed E-state index contributed by atoms with van der Waals surface area (Å²) in [6.07, 6.45) is 7.29. The predicted molar refractivity (Wildman–Crippen MR) is 171 cm³/mol. The summed E-state index contributed by atoms with van der Waals surface area (Å²) in [7, 11) is 0. The first-order chi connectivity index (χ1) is 22.6. The normalized spacial score (nSPS) is 15.3. The average molecular weight is 638 g/mol. The number of aryl methyl sites for hydroxylation is 1. The van der Waals surface area contributed by atoms with E-state index in [1.165, 1.54) is 31.0 Å². The number of rotatable bonds is 9. The molecule has 0 saturated heterocycles. The topological polar surface area (TPSA) is 146 Å². The number of nitrogens with zero attached hydrogens (tertiary/aromatic N) is 1. The number of carbonyl (C=O) groups is 4. The second-order valence-electron chi connectivity index (χ2n) is 10.6. The number of hydrogen-bond donors (Lipinski definition) is 1. The van der Waals surface area contributed by atoms with E-state index in [2.05, 4.69) is 16.8 Å². The molecule has 10 heteroatoms. The van der Waals surface area contributed by atoms with Gasteiger partial charge in [0.1, 0.15) is 5.60 Å². The molecule has 5 rings (SSSR count). The molecule has 4 aromatic rings. The molecule has 1 N–H and O–H groups in total. The van der Waals surface area contributed by atoms with Gasteiger partial charge in [-0.05, 0) is 56.9 Å². The molecule has 2 unspecified atom stereocenters. The maximum absolute atomic E-state index is 12.6. The Kier molecular flexibility index (Phi) is 11.4. The zero-order valence-electron chi connectivity index (χ0n) is 26.6. The zero-order valence-corrected chi connectivity index (χ0v) is 26.6. The first kappa shape index (κ1) is 34.3. The summed E-state index contributed by atoms with van der Waals surface area (Å²) in [6, 6.07) is 14.2. The number of hydrogen-bond acceptors (Lipinski definition) is 10. The van der Waals surface area contributed by atoms with E-state index in [-0.39, 0.29) is 41.4 Å². The van der Waals surface area contributed by atoms with Crippen LogP contribution in [0.2, 0.25) is 0 Å². The summed E-state index contributed by atoms with van der Waals surface area (Å²) in [6.45, 7) is 7.66. The highest BCUT2D eigenvalue weighted by molar-refractivity contribution is 6.11. The lowest BCUT2D eigenvalue weighted by molar-refractivity contribution is -0.143. The van der Waals surface area contributed by atoms with Crippen molar-refractivity contribution < 1.29 is 42.6 Å². The third kappa shape index (κ3) is 8.01. The summed E-state index contributed by atoms with van der Waals surface area (Å²) in [4.78, 5) is 51.5. The number of carbonyl (C=O) groups excluding carboxylic acids is 4. The van der Waals surface area contributed by atoms with Crippen LogP contribution in [0.3, 0.4) is 0 Å². The molecule has 2 atom stereocenters. The Labute approximate surface area is 272 Å². The van der Waals surface area contributed by atoms with E-state index in [0.29, 0.717) is 47.5 Å². The van der Waals surface area contributed by atoms with Crippen molar-refractivity contribution in [1.29, 1.82) is 0 Å². The van der Waals surface area contributed by atoms with Crippen molar-refractivity contribution in [1.82, 2.24) is 4.98 Å². The van der Waals surface area contributed by atoms with Crippen molar-refractivity contribution in [2.75, 3.05) is 13.2 Å². The average Bonchev–Trinajstić information content (AvgIpc) is 3.77. The summed E-state index contributed by atoms with van der Waals surface area (Å²) in [5.41, 5.74) is 2.07. The van der Waals surface area contributed by atoms with Crippen LogP contribution in [-0.4, -0.2) is 46.8 Å². The predicted octanol–water partition coefficient (Wildman–Crippen LogP) is 5.71. The van der Waals surface area contributed by atoms with Gasteiger partial charge in [0.2, 0.25) is 11.6 Å². The van der Waals surface area contributed by atoms with E-state index in [4.69, 9.17) is 18.3 Å². The molecular formula is C37H35NO9. The molecule has 0 spiro atoms. The third-order valence-electron chi connectivity index (χ3n) is 7.38. The van der Waals surface area contributed by atoms with Crippen LogP contribution in [0, 0.1) is 11.8 Å². The van der Waals surface area contributed by atoms with Crippen LogP contribution < -0.4 is 0 Å². The second-order valence-corrected chi connectivity index (χ2v) is 10.6. The van der Waals surface area contributed by atoms with Crippen LogP contribution in [0.25, 0.3) is 0 Å². The minimum atomic E-state index is -1.34. The number of esters is 2. The van der Waals surface area contributed by atoms with Crippen molar-refractivity contribution >= 4 is 23.5 Å². The maximum Gasteiger partial charge on any atom is 0.331 e. The summed E-state index contributed by atoms with van der Waals surface area (Å²) >= 11 is 0. The van der Waals surface area contributed by atoms with Gasteiger partial charge >= 0.3 is 11.9 Å². The number of ether oxygens (including phenoxy) is 2. The molecule has 0 bridgehead atoms. The van der Waals surface area contributed by atoms with E-state index in [1.54, 1.807) is 57.2 Å². The molecule has 2 heterocycles. The van der Waals surface area contributed by atoms with E-state index in [1.807, 2.05) is 19.1 Å². The molecule has 2 aromatic carbocycles.